The van der Waals surface area contributed by atoms with Crippen molar-refractivity contribution in [2.75, 3.05) is 5.32 Å². The number of para-hydroxylation sites is 1. The number of rotatable bonds is 3. The van der Waals surface area contributed by atoms with E-state index in [1.54, 1.807) is 0 Å². The van der Waals surface area contributed by atoms with Crippen LogP contribution in [0.15, 0.2) is 71.1 Å². The molecule has 3 aromatic rings. The van der Waals surface area contributed by atoms with Gasteiger partial charge in [-0.3, -0.25) is 0 Å². The van der Waals surface area contributed by atoms with Crippen LogP contribution in [0.25, 0.3) is 11.3 Å². The van der Waals surface area contributed by atoms with Gasteiger partial charge >= 0.3 is 0 Å². The zero-order valence-corrected chi connectivity index (χ0v) is 12.5. The fraction of sp³-hybridized carbons (Fsp3) is 0.200. The van der Waals surface area contributed by atoms with Gasteiger partial charge in [0.25, 0.3) is 0 Å². The van der Waals surface area contributed by atoms with Gasteiger partial charge in [-0.15, -0.1) is 0 Å². The number of aryl methyl sites for hydroxylation is 1. The summed E-state index contributed by atoms with van der Waals surface area (Å²) in [6.07, 6.45) is 3.35. The maximum Gasteiger partial charge on any atom is 0.134 e. The summed E-state index contributed by atoms with van der Waals surface area (Å²) in [5.74, 6) is 2.12. The van der Waals surface area contributed by atoms with Gasteiger partial charge in [-0.2, -0.15) is 0 Å². The third-order valence-corrected chi connectivity index (χ3v) is 4.29. The Bertz CT molecular complexity index is 746. The summed E-state index contributed by atoms with van der Waals surface area (Å²) in [4.78, 5) is 0. The van der Waals surface area contributed by atoms with Gasteiger partial charge in [0, 0.05) is 23.2 Å². The third-order valence-electron chi connectivity index (χ3n) is 4.29. The molecule has 0 radical (unpaired) electrons. The molecule has 22 heavy (non-hydrogen) atoms. The number of nitrogens with one attached hydrogen (secondary N) is 1. The molecule has 4 rings (SSSR count). The Morgan fingerprint density at radius 3 is 2.41 bits per heavy atom. The summed E-state index contributed by atoms with van der Waals surface area (Å²) in [5, 5.41) is 3.64. The summed E-state index contributed by atoms with van der Waals surface area (Å²) in [7, 11) is 0. The van der Waals surface area contributed by atoms with E-state index in [2.05, 4.69) is 59.9 Å². The van der Waals surface area contributed by atoms with Crippen molar-refractivity contribution in [3.63, 3.8) is 0 Å². The first-order chi connectivity index (χ1) is 10.9. The molecule has 0 amide bonds. The predicted octanol–water partition coefficient (Wildman–Crippen LogP) is 5.44. The van der Waals surface area contributed by atoms with E-state index >= 15 is 0 Å². The second-order valence-electron chi connectivity index (χ2n) is 5.81. The van der Waals surface area contributed by atoms with Crippen LogP contribution in [-0.4, -0.2) is 0 Å². The van der Waals surface area contributed by atoms with Crippen LogP contribution >= 0.6 is 0 Å². The van der Waals surface area contributed by atoms with Crippen LogP contribution in [0.3, 0.4) is 0 Å². The van der Waals surface area contributed by atoms with Gasteiger partial charge in [-0.25, -0.2) is 0 Å². The molecule has 1 aromatic heterocycles. The molecule has 2 heteroatoms. The van der Waals surface area contributed by atoms with Crippen LogP contribution in [0.5, 0.6) is 0 Å². The number of fused-ring (bicyclic) bond motifs is 1. The second-order valence-corrected chi connectivity index (χ2v) is 5.81. The first kappa shape index (κ1) is 13.2. The molecule has 2 aromatic carbocycles. The Morgan fingerprint density at radius 2 is 1.64 bits per heavy atom. The first-order valence-corrected chi connectivity index (χ1v) is 7.90. The normalized spacial score (nSPS) is 17.0. The lowest BCUT2D eigenvalue weighted by molar-refractivity contribution is 0.469. The lowest BCUT2D eigenvalue weighted by Crippen LogP contribution is -2.15. The van der Waals surface area contributed by atoms with Crippen LogP contribution in [-0.2, 0) is 6.42 Å². The minimum absolute atomic E-state index is 0.340. The van der Waals surface area contributed by atoms with Crippen molar-refractivity contribution in [3.05, 3.63) is 78.1 Å². The van der Waals surface area contributed by atoms with Crippen molar-refractivity contribution in [1.29, 1.82) is 0 Å². The number of anilines is 1. The molecule has 0 bridgehead atoms. The van der Waals surface area contributed by atoms with E-state index in [0.717, 1.165) is 29.9 Å². The molecule has 0 fully saturated rings. The zero-order valence-electron chi connectivity index (χ0n) is 12.5. The zero-order chi connectivity index (χ0) is 14.8. The quantitative estimate of drug-likeness (QED) is 0.695. The fourth-order valence-corrected chi connectivity index (χ4v) is 3.19. The lowest BCUT2D eigenvalue weighted by atomic mass is 9.93. The van der Waals surface area contributed by atoms with Crippen LogP contribution in [0, 0.1) is 0 Å². The van der Waals surface area contributed by atoms with Crippen molar-refractivity contribution < 1.29 is 4.42 Å². The van der Waals surface area contributed by atoms with Crippen molar-refractivity contribution >= 4 is 5.69 Å². The molecule has 0 aliphatic heterocycles. The molecule has 0 spiro atoms. The molecule has 110 valence electrons. The Balaban J connectivity index is 1.65. The molecule has 1 aliphatic rings. The van der Waals surface area contributed by atoms with Crippen molar-refractivity contribution in [3.8, 4) is 11.3 Å². The molecule has 1 aliphatic carbocycles. The van der Waals surface area contributed by atoms with E-state index in [1.165, 1.54) is 17.7 Å². The Labute approximate surface area is 130 Å². The van der Waals surface area contributed by atoms with Gasteiger partial charge in [-0.1, -0.05) is 48.5 Å². The van der Waals surface area contributed by atoms with E-state index < -0.39 is 0 Å². The molecule has 1 atom stereocenters. The molecule has 0 saturated carbocycles. The van der Waals surface area contributed by atoms with Crippen LogP contribution in [0.4, 0.5) is 5.69 Å². The highest BCUT2D eigenvalue weighted by Gasteiger charge is 2.24. The topological polar surface area (TPSA) is 25.2 Å². The number of hydrogen-bond donors (Lipinski definition) is 1. The molecule has 0 saturated heterocycles. The molecule has 1 unspecified atom stereocenters. The molecular formula is C20H19NO. The summed E-state index contributed by atoms with van der Waals surface area (Å²) in [5.41, 5.74) is 3.63. The lowest BCUT2D eigenvalue weighted by Gasteiger charge is -2.23. The Morgan fingerprint density at radius 1 is 0.909 bits per heavy atom. The summed E-state index contributed by atoms with van der Waals surface area (Å²) in [6.45, 7) is 0. The average Bonchev–Trinajstić information content (AvgIpc) is 3.02. The minimum Gasteiger partial charge on any atom is -0.461 e. The van der Waals surface area contributed by atoms with Crippen LogP contribution < -0.4 is 5.32 Å². The van der Waals surface area contributed by atoms with Gasteiger partial charge in [-0.05, 0) is 31.0 Å². The van der Waals surface area contributed by atoms with Gasteiger partial charge in [0.1, 0.15) is 11.5 Å². The van der Waals surface area contributed by atoms with Gasteiger partial charge < -0.3 is 9.73 Å². The van der Waals surface area contributed by atoms with Gasteiger partial charge in [0.2, 0.25) is 0 Å². The van der Waals surface area contributed by atoms with E-state index in [1.807, 2.05) is 12.1 Å². The van der Waals surface area contributed by atoms with Crippen molar-refractivity contribution in [2.45, 2.75) is 25.3 Å². The fourth-order valence-electron chi connectivity index (χ4n) is 3.19. The number of hydrogen-bond acceptors (Lipinski definition) is 2. The first-order valence-electron chi connectivity index (χ1n) is 7.90. The van der Waals surface area contributed by atoms with E-state index in [9.17, 15) is 0 Å². The van der Waals surface area contributed by atoms with Gasteiger partial charge in [0.05, 0.1) is 6.04 Å². The highest BCUT2D eigenvalue weighted by atomic mass is 16.3. The highest BCUT2D eigenvalue weighted by Crippen LogP contribution is 2.37. The predicted molar refractivity (Wildman–Crippen MR) is 89.9 cm³/mol. The molecule has 1 heterocycles. The smallest absolute Gasteiger partial charge is 0.134 e. The molecule has 2 nitrogen and oxygen atoms in total. The summed E-state index contributed by atoms with van der Waals surface area (Å²) >= 11 is 0. The number of benzene rings is 2. The Kier molecular flexibility index (Phi) is 3.43. The monoisotopic (exact) mass is 289 g/mol. The molecular weight excluding hydrogens is 270 g/mol. The maximum atomic E-state index is 6.12. The minimum atomic E-state index is 0.340. The van der Waals surface area contributed by atoms with E-state index in [0.29, 0.717) is 6.04 Å². The average molecular weight is 289 g/mol. The van der Waals surface area contributed by atoms with Crippen molar-refractivity contribution in [2.24, 2.45) is 0 Å². The Hall–Kier alpha value is -2.48. The SMILES string of the molecule is c1ccc(NC2CCCc3oc(-c4ccccc4)cc32)cc1. The standard InChI is InChI=1S/C20H19NO/c1-3-8-15(9-4-1)20-14-17-18(12-7-13-19(17)22-20)21-16-10-5-2-6-11-16/h1-6,8-11,14,18,21H,7,12-13H2. The van der Waals surface area contributed by atoms with Crippen molar-refractivity contribution in [1.82, 2.24) is 0 Å². The highest BCUT2D eigenvalue weighted by molar-refractivity contribution is 5.60. The molecule has 1 N–H and O–H groups in total. The largest absolute Gasteiger partial charge is 0.461 e. The van der Waals surface area contributed by atoms with Gasteiger partial charge in [0.15, 0.2) is 0 Å². The third kappa shape index (κ3) is 2.52. The van der Waals surface area contributed by atoms with E-state index in [-0.39, 0.29) is 0 Å². The maximum absolute atomic E-state index is 6.12. The number of furan rings is 1. The van der Waals surface area contributed by atoms with E-state index in [4.69, 9.17) is 4.42 Å². The van der Waals surface area contributed by atoms with Crippen LogP contribution in [0.1, 0.15) is 30.2 Å². The summed E-state index contributed by atoms with van der Waals surface area (Å²) in [6, 6.07) is 23.3. The van der Waals surface area contributed by atoms with Crippen LogP contribution in [0.2, 0.25) is 0 Å². The summed E-state index contributed by atoms with van der Waals surface area (Å²) < 4.78 is 6.12. The second kappa shape index (κ2) is 5.72.